The fourth-order valence-corrected chi connectivity index (χ4v) is 2.89. The molecular formula is C17H27NO. The molecule has 2 atom stereocenters. The van der Waals surface area contributed by atoms with Gasteiger partial charge in [-0.3, -0.25) is 0 Å². The summed E-state index contributed by atoms with van der Waals surface area (Å²) < 4.78 is 5.77. The van der Waals surface area contributed by atoms with Crippen molar-refractivity contribution in [1.29, 1.82) is 0 Å². The summed E-state index contributed by atoms with van der Waals surface area (Å²) in [4.78, 5) is 0. The smallest absolute Gasteiger partial charge is 0.0641 e. The zero-order chi connectivity index (χ0) is 13.7. The third kappa shape index (κ3) is 4.96. The van der Waals surface area contributed by atoms with E-state index in [0.717, 1.165) is 25.9 Å². The molecule has 106 valence electrons. The highest BCUT2D eigenvalue weighted by Crippen LogP contribution is 2.24. The van der Waals surface area contributed by atoms with Crippen LogP contribution < -0.4 is 5.32 Å². The maximum Gasteiger partial charge on any atom is 0.0641 e. The predicted molar refractivity (Wildman–Crippen MR) is 80.4 cm³/mol. The van der Waals surface area contributed by atoms with Gasteiger partial charge >= 0.3 is 0 Å². The monoisotopic (exact) mass is 261 g/mol. The Morgan fingerprint density at radius 2 is 2.05 bits per heavy atom. The molecule has 19 heavy (non-hydrogen) atoms. The Labute approximate surface area is 117 Å². The zero-order valence-electron chi connectivity index (χ0n) is 12.5. The zero-order valence-corrected chi connectivity index (χ0v) is 12.5. The van der Waals surface area contributed by atoms with Crippen LogP contribution in [0.1, 0.15) is 45.6 Å². The van der Waals surface area contributed by atoms with E-state index in [1.54, 1.807) is 0 Å². The molecule has 1 saturated heterocycles. The lowest BCUT2D eigenvalue weighted by molar-refractivity contribution is -0.0640. The van der Waals surface area contributed by atoms with Gasteiger partial charge in [-0.15, -0.1) is 0 Å². The van der Waals surface area contributed by atoms with Gasteiger partial charge in [-0.2, -0.15) is 0 Å². The average Bonchev–Trinajstić information content (AvgIpc) is 2.36. The Morgan fingerprint density at radius 3 is 2.74 bits per heavy atom. The van der Waals surface area contributed by atoms with Gasteiger partial charge in [0, 0.05) is 18.7 Å². The van der Waals surface area contributed by atoms with Gasteiger partial charge in [0.05, 0.1) is 5.60 Å². The molecule has 0 aliphatic carbocycles. The van der Waals surface area contributed by atoms with Gasteiger partial charge in [0.2, 0.25) is 0 Å². The van der Waals surface area contributed by atoms with E-state index in [0.29, 0.717) is 12.1 Å². The van der Waals surface area contributed by atoms with Crippen molar-refractivity contribution in [3.8, 4) is 0 Å². The van der Waals surface area contributed by atoms with Gasteiger partial charge in [-0.1, -0.05) is 30.3 Å². The van der Waals surface area contributed by atoms with E-state index in [9.17, 15) is 0 Å². The largest absolute Gasteiger partial charge is 0.375 e. The molecule has 2 heteroatoms. The Morgan fingerprint density at radius 1 is 1.32 bits per heavy atom. The Hall–Kier alpha value is -0.860. The number of aryl methyl sites for hydroxylation is 1. The van der Waals surface area contributed by atoms with Crippen LogP contribution in [0.5, 0.6) is 0 Å². The third-order valence-electron chi connectivity index (χ3n) is 3.93. The SMILES string of the molecule is CC(CCc1ccccc1)NC1CCOC(C)(C)C1. The summed E-state index contributed by atoms with van der Waals surface area (Å²) in [6, 6.07) is 11.9. The highest BCUT2D eigenvalue weighted by atomic mass is 16.5. The van der Waals surface area contributed by atoms with Crippen molar-refractivity contribution in [2.24, 2.45) is 0 Å². The van der Waals surface area contributed by atoms with Crippen LogP contribution in [-0.4, -0.2) is 24.3 Å². The topological polar surface area (TPSA) is 21.3 Å². The maximum absolute atomic E-state index is 5.77. The summed E-state index contributed by atoms with van der Waals surface area (Å²) in [5, 5.41) is 3.76. The Balaban J connectivity index is 1.73. The van der Waals surface area contributed by atoms with E-state index in [-0.39, 0.29) is 5.60 Å². The average molecular weight is 261 g/mol. The molecule has 0 spiro atoms. The second-order valence-electron chi connectivity index (χ2n) is 6.39. The number of rotatable bonds is 5. The van der Waals surface area contributed by atoms with Gasteiger partial charge < -0.3 is 10.1 Å². The number of ether oxygens (including phenoxy) is 1. The lowest BCUT2D eigenvalue weighted by Gasteiger charge is -2.37. The van der Waals surface area contributed by atoms with Crippen LogP contribution >= 0.6 is 0 Å². The second kappa shape index (κ2) is 6.53. The fraction of sp³-hybridized carbons (Fsp3) is 0.647. The summed E-state index contributed by atoms with van der Waals surface area (Å²) in [5.74, 6) is 0. The molecule has 1 aliphatic heterocycles. The number of hydrogen-bond acceptors (Lipinski definition) is 2. The number of hydrogen-bond donors (Lipinski definition) is 1. The van der Waals surface area contributed by atoms with Crippen molar-refractivity contribution in [2.45, 2.75) is 64.1 Å². The molecule has 1 aliphatic rings. The van der Waals surface area contributed by atoms with Crippen LogP contribution in [0.3, 0.4) is 0 Å². The van der Waals surface area contributed by atoms with Crippen molar-refractivity contribution in [3.05, 3.63) is 35.9 Å². The van der Waals surface area contributed by atoms with Crippen molar-refractivity contribution >= 4 is 0 Å². The maximum atomic E-state index is 5.77. The van der Waals surface area contributed by atoms with Crippen molar-refractivity contribution in [3.63, 3.8) is 0 Å². The van der Waals surface area contributed by atoms with E-state index >= 15 is 0 Å². The summed E-state index contributed by atoms with van der Waals surface area (Å²) in [5.41, 5.74) is 1.47. The minimum atomic E-state index is 0.0368. The van der Waals surface area contributed by atoms with E-state index in [1.165, 1.54) is 12.0 Å². The Kier molecular flexibility index (Phi) is 5.00. The molecule has 1 aromatic carbocycles. The molecular weight excluding hydrogens is 234 g/mol. The molecule has 1 aromatic rings. The van der Waals surface area contributed by atoms with Crippen molar-refractivity contribution in [1.82, 2.24) is 5.32 Å². The number of benzene rings is 1. The minimum Gasteiger partial charge on any atom is -0.375 e. The normalized spacial score (nSPS) is 24.1. The van der Waals surface area contributed by atoms with Crippen molar-refractivity contribution < 1.29 is 4.74 Å². The van der Waals surface area contributed by atoms with Crippen LogP contribution in [0, 0.1) is 0 Å². The highest BCUT2D eigenvalue weighted by Gasteiger charge is 2.29. The molecule has 1 fully saturated rings. The molecule has 0 radical (unpaired) electrons. The lowest BCUT2D eigenvalue weighted by Crippen LogP contribution is -2.46. The fourth-order valence-electron chi connectivity index (χ4n) is 2.89. The van der Waals surface area contributed by atoms with Gasteiger partial charge in [0.1, 0.15) is 0 Å². The lowest BCUT2D eigenvalue weighted by atomic mass is 9.93. The van der Waals surface area contributed by atoms with E-state index < -0.39 is 0 Å². The summed E-state index contributed by atoms with van der Waals surface area (Å²) >= 11 is 0. The number of nitrogens with one attached hydrogen (secondary N) is 1. The molecule has 0 saturated carbocycles. The van der Waals surface area contributed by atoms with E-state index in [4.69, 9.17) is 4.74 Å². The Bertz CT molecular complexity index is 374. The first kappa shape index (κ1) is 14.5. The molecule has 0 bridgehead atoms. The van der Waals surface area contributed by atoms with Crippen LogP contribution in [-0.2, 0) is 11.2 Å². The standard InChI is InChI=1S/C17H27NO/c1-14(9-10-15-7-5-4-6-8-15)18-16-11-12-19-17(2,3)13-16/h4-8,14,16,18H,9-13H2,1-3H3. The molecule has 0 aromatic heterocycles. The van der Waals surface area contributed by atoms with Crippen molar-refractivity contribution in [2.75, 3.05) is 6.61 Å². The molecule has 2 rings (SSSR count). The van der Waals surface area contributed by atoms with E-state index in [1.807, 2.05) is 0 Å². The second-order valence-corrected chi connectivity index (χ2v) is 6.39. The van der Waals surface area contributed by atoms with Gasteiger partial charge in [-0.05, 0) is 52.0 Å². The summed E-state index contributed by atoms with van der Waals surface area (Å²) in [6.45, 7) is 7.56. The first-order valence-electron chi connectivity index (χ1n) is 7.49. The van der Waals surface area contributed by atoms with Crippen LogP contribution in [0.2, 0.25) is 0 Å². The van der Waals surface area contributed by atoms with Gasteiger partial charge in [0.25, 0.3) is 0 Å². The van der Waals surface area contributed by atoms with Crippen LogP contribution in [0.25, 0.3) is 0 Å². The molecule has 1 heterocycles. The third-order valence-corrected chi connectivity index (χ3v) is 3.93. The molecule has 0 amide bonds. The quantitative estimate of drug-likeness (QED) is 0.875. The summed E-state index contributed by atoms with van der Waals surface area (Å²) in [6.07, 6.45) is 4.60. The van der Waals surface area contributed by atoms with Crippen LogP contribution in [0.15, 0.2) is 30.3 Å². The molecule has 1 N–H and O–H groups in total. The van der Waals surface area contributed by atoms with Crippen LogP contribution in [0.4, 0.5) is 0 Å². The molecule has 2 nitrogen and oxygen atoms in total. The predicted octanol–water partition coefficient (Wildman–Crippen LogP) is 3.55. The van der Waals surface area contributed by atoms with Gasteiger partial charge in [-0.25, -0.2) is 0 Å². The summed E-state index contributed by atoms with van der Waals surface area (Å²) in [7, 11) is 0. The van der Waals surface area contributed by atoms with Gasteiger partial charge in [0.15, 0.2) is 0 Å². The first-order chi connectivity index (χ1) is 9.05. The highest BCUT2D eigenvalue weighted by molar-refractivity contribution is 5.14. The molecule has 2 unspecified atom stereocenters. The van der Waals surface area contributed by atoms with E-state index in [2.05, 4.69) is 56.4 Å². The first-order valence-corrected chi connectivity index (χ1v) is 7.49. The minimum absolute atomic E-state index is 0.0368.